The molecule has 2 N–H and O–H groups in total. The molecule has 0 saturated heterocycles. The molecule has 0 aliphatic carbocycles. The summed E-state index contributed by atoms with van der Waals surface area (Å²) in [5.74, 6) is 1.22. The highest BCUT2D eigenvalue weighted by Crippen LogP contribution is 2.19. The van der Waals surface area contributed by atoms with E-state index in [1.807, 2.05) is 26.0 Å². The van der Waals surface area contributed by atoms with Crippen LogP contribution in [-0.2, 0) is 13.1 Å². The van der Waals surface area contributed by atoms with Crippen LogP contribution in [0.4, 0.5) is 5.82 Å². The zero-order valence-corrected chi connectivity index (χ0v) is 15.7. The highest BCUT2D eigenvalue weighted by Gasteiger charge is 2.18. The van der Waals surface area contributed by atoms with E-state index in [0.29, 0.717) is 30.0 Å². The van der Waals surface area contributed by atoms with Crippen LogP contribution in [0.3, 0.4) is 0 Å². The third-order valence-electron chi connectivity index (χ3n) is 4.29. The topological polar surface area (TPSA) is 97.6 Å². The van der Waals surface area contributed by atoms with Crippen molar-refractivity contribution in [2.45, 2.75) is 38.7 Å². The molecule has 0 fully saturated rings. The number of rotatable bonds is 6. The molecule has 0 aliphatic heterocycles. The summed E-state index contributed by atoms with van der Waals surface area (Å²) in [5.41, 5.74) is 0.552. The lowest BCUT2D eigenvalue weighted by Gasteiger charge is -2.11. The Kier molecular flexibility index (Phi) is 5.13. The average Bonchev–Trinajstić information content (AvgIpc) is 3.10. The van der Waals surface area contributed by atoms with Crippen LogP contribution in [0.25, 0.3) is 22.6 Å². The van der Waals surface area contributed by atoms with E-state index in [9.17, 15) is 9.59 Å². The van der Waals surface area contributed by atoms with Crippen molar-refractivity contribution in [3.63, 3.8) is 0 Å². The molecule has 1 unspecified atom stereocenters. The summed E-state index contributed by atoms with van der Waals surface area (Å²) in [6.07, 6.45) is 2.32. The largest absolute Gasteiger partial charge is 0.373 e. The minimum Gasteiger partial charge on any atom is -0.373 e. The molecule has 0 amide bonds. The number of nitrogens with zero attached hydrogens (tertiary/aromatic N) is 4. The number of aryl methyl sites for hydroxylation is 1. The van der Waals surface area contributed by atoms with Gasteiger partial charge in [-0.2, -0.15) is 0 Å². The van der Waals surface area contributed by atoms with Gasteiger partial charge < -0.3 is 10.3 Å². The van der Waals surface area contributed by atoms with Crippen molar-refractivity contribution in [1.82, 2.24) is 24.1 Å². The number of anilines is 1. The standard InChI is InChI=1S/C17H21ClN6O2/c1-4-11(18)9-24-16(25)13-15(23(5-2)17(24)26)22-14(21-13)10-6-7-12(19-3)20-8-10/h6-8,11H,4-5,9H2,1-3H3,(H,19,20)(H,21,22). The summed E-state index contributed by atoms with van der Waals surface area (Å²) >= 11 is 6.17. The molecule has 3 heterocycles. The number of hydrogen-bond acceptors (Lipinski definition) is 5. The molecule has 0 radical (unpaired) electrons. The Balaban J connectivity index is 2.20. The SMILES string of the molecule is CCC(Cl)Cn1c(=O)c2[nH]c(-c3ccc(NC)nc3)nc2n(CC)c1=O. The summed E-state index contributed by atoms with van der Waals surface area (Å²) in [6.45, 7) is 4.31. The maximum atomic E-state index is 12.8. The molecule has 0 spiro atoms. The van der Waals surface area contributed by atoms with Crippen LogP contribution in [0.15, 0.2) is 27.9 Å². The molecule has 0 aromatic carbocycles. The number of alkyl halides is 1. The predicted octanol–water partition coefficient (Wildman–Crippen LogP) is 2.03. The Morgan fingerprint density at radius 2 is 2.04 bits per heavy atom. The summed E-state index contributed by atoms with van der Waals surface area (Å²) < 4.78 is 2.66. The third-order valence-corrected chi connectivity index (χ3v) is 4.74. The molecule has 0 bridgehead atoms. The summed E-state index contributed by atoms with van der Waals surface area (Å²) in [5, 5.41) is 2.66. The molecule has 0 aliphatic rings. The van der Waals surface area contributed by atoms with Gasteiger partial charge in [0.25, 0.3) is 5.56 Å². The minimum atomic E-state index is -0.410. The number of aromatic amines is 1. The highest BCUT2D eigenvalue weighted by atomic mass is 35.5. The minimum absolute atomic E-state index is 0.165. The van der Waals surface area contributed by atoms with Gasteiger partial charge in [-0.3, -0.25) is 13.9 Å². The van der Waals surface area contributed by atoms with E-state index in [-0.39, 0.29) is 11.9 Å². The lowest BCUT2D eigenvalue weighted by Crippen LogP contribution is -2.41. The average molecular weight is 377 g/mol. The molecule has 3 rings (SSSR count). The first-order chi connectivity index (χ1) is 12.5. The molecule has 8 nitrogen and oxygen atoms in total. The van der Waals surface area contributed by atoms with E-state index in [0.717, 1.165) is 11.4 Å². The van der Waals surface area contributed by atoms with Crippen molar-refractivity contribution in [2.24, 2.45) is 0 Å². The Morgan fingerprint density at radius 3 is 2.62 bits per heavy atom. The number of H-pyrrole nitrogens is 1. The number of nitrogens with one attached hydrogen (secondary N) is 2. The van der Waals surface area contributed by atoms with E-state index in [2.05, 4.69) is 20.3 Å². The maximum Gasteiger partial charge on any atom is 0.332 e. The smallest absolute Gasteiger partial charge is 0.332 e. The second-order valence-corrected chi connectivity index (χ2v) is 6.53. The Bertz CT molecular complexity index is 1030. The Hall–Kier alpha value is -2.61. The zero-order chi connectivity index (χ0) is 18.8. The van der Waals surface area contributed by atoms with Crippen LogP contribution >= 0.6 is 11.6 Å². The molecule has 0 saturated carbocycles. The van der Waals surface area contributed by atoms with Gasteiger partial charge in [0, 0.05) is 31.9 Å². The van der Waals surface area contributed by atoms with Crippen molar-refractivity contribution in [3.8, 4) is 11.4 Å². The normalized spacial score (nSPS) is 12.5. The van der Waals surface area contributed by atoms with E-state index in [1.54, 1.807) is 13.2 Å². The van der Waals surface area contributed by atoms with E-state index < -0.39 is 11.2 Å². The number of imidazole rings is 1. The van der Waals surface area contributed by atoms with Crippen LogP contribution < -0.4 is 16.6 Å². The molecule has 3 aromatic heterocycles. The van der Waals surface area contributed by atoms with Crippen LogP contribution in [-0.4, -0.2) is 36.5 Å². The predicted molar refractivity (Wildman–Crippen MR) is 103 cm³/mol. The summed E-state index contributed by atoms with van der Waals surface area (Å²) in [4.78, 5) is 37.3. The van der Waals surface area contributed by atoms with Crippen molar-refractivity contribution in [3.05, 3.63) is 39.2 Å². The Labute approximate surface area is 154 Å². The lowest BCUT2D eigenvalue weighted by molar-refractivity contribution is 0.556. The highest BCUT2D eigenvalue weighted by molar-refractivity contribution is 6.20. The second kappa shape index (κ2) is 7.33. The number of halogens is 1. The lowest BCUT2D eigenvalue weighted by atomic mass is 10.3. The molecule has 1 atom stereocenters. The first kappa shape index (κ1) is 18.2. The molecular formula is C17H21ClN6O2. The Morgan fingerprint density at radius 1 is 1.27 bits per heavy atom. The number of aromatic nitrogens is 5. The van der Waals surface area contributed by atoms with Gasteiger partial charge in [0.2, 0.25) is 0 Å². The van der Waals surface area contributed by atoms with Crippen LogP contribution in [0.1, 0.15) is 20.3 Å². The van der Waals surface area contributed by atoms with Gasteiger partial charge in [-0.05, 0) is 25.5 Å². The number of fused-ring (bicyclic) bond motifs is 1. The molecule has 9 heteroatoms. The summed E-state index contributed by atoms with van der Waals surface area (Å²) in [7, 11) is 1.78. The fourth-order valence-corrected chi connectivity index (χ4v) is 2.90. The monoisotopic (exact) mass is 376 g/mol. The first-order valence-corrected chi connectivity index (χ1v) is 8.95. The van der Waals surface area contributed by atoms with Gasteiger partial charge in [0.1, 0.15) is 17.2 Å². The quantitative estimate of drug-likeness (QED) is 0.641. The van der Waals surface area contributed by atoms with Crippen LogP contribution in [0, 0.1) is 0 Å². The van der Waals surface area contributed by atoms with Gasteiger partial charge in [-0.1, -0.05) is 6.92 Å². The van der Waals surface area contributed by atoms with Crippen molar-refractivity contribution >= 4 is 28.6 Å². The first-order valence-electron chi connectivity index (χ1n) is 8.51. The van der Waals surface area contributed by atoms with Gasteiger partial charge in [0.05, 0.1) is 5.38 Å². The van der Waals surface area contributed by atoms with Crippen LogP contribution in [0.2, 0.25) is 0 Å². The van der Waals surface area contributed by atoms with E-state index in [1.165, 1.54) is 9.13 Å². The molecule has 138 valence electrons. The zero-order valence-electron chi connectivity index (χ0n) is 14.9. The number of hydrogen-bond donors (Lipinski definition) is 2. The van der Waals surface area contributed by atoms with E-state index >= 15 is 0 Å². The van der Waals surface area contributed by atoms with Crippen molar-refractivity contribution in [2.75, 3.05) is 12.4 Å². The summed E-state index contributed by atoms with van der Waals surface area (Å²) in [6, 6.07) is 3.66. The van der Waals surface area contributed by atoms with Gasteiger partial charge in [-0.25, -0.2) is 14.8 Å². The molecular weight excluding hydrogens is 356 g/mol. The third kappa shape index (κ3) is 3.12. The second-order valence-electron chi connectivity index (χ2n) is 5.91. The molecule has 26 heavy (non-hydrogen) atoms. The van der Waals surface area contributed by atoms with E-state index in [4.69, 9.17) is 11.6 Å². The van der Waals surface area contributed by atoms with Gasteiger partial charge in [0.15, 0.2) is 5.65 Å². The van der Waals surface area contributed by atoms with Crippen molar-refractivity contribution in [1.29, 1.82) is 0 Å². The fourth-order valence-electron chi connectivity index (χ4n) is 2.76. The maximum absolute atomic E-state index is 12.8. The number of pyridine rings is 1. The van der Waals surface area contributed by atoms with Crippen LogP contribution in [0.5, 0.6) is 0 Å². The van der Waals surface area contributed by atoms with Gasteiger partial charge >= 0.3 is 5.69 Å². The fraction of sp³-hybridized carbons (Fsp3) is 0.412. The van der Waals surface area contributed by atoms with Crippen molar-refractivity contribution < 1.29 is 0 Å². The molecule has 3 aromatic rings. The van der Waals surface area contributed by atoms with Gasteiger partial charge in [-0.15, -0.1) is 11.6 Å².